The minimum Gasteiger partial charge on any atom is -0.370 e. The van der Waals surface area contributed by atoms with E-state index < -0.39 is 11.7 Å². The quantitative estimate of drug-likeness (QED) is 0.564. The normalized spacial score (nSPS) is 24.2. The van der Waals surface area contributed by atoms with Crippen LogP contribution in [0.4, 0.5) is 18.9 Å². The number of carbonyl (C=O) groups is 1. The molecule has 4 rings (SSSR count). The molecule has 1 aromatic heterocycles. The number of nitrogens with zero attached hydrogens (tertiary/aromatic N) is 3. The fraction of sp³-hybridized carbons (Fsp3) is 0.615. The van der Waals surface area contributed by atoms with Crippen LogP contribution in [0.1, 0.15) is 51.5 Å². The highest BCUT2D eigenvalue weighted by Crippen LogP contribution is 2.40. The Balaban J connectivity index is 1.50. The number of likely N-dealkylation sites (tertiary alicyclic amines) is 1. The van der Waals surface area contributed by atoms with Gasteiger partial charge in [0, 0.05) is 43.2 Å². The van der Waals surface area contributed by atoms with Gasteiger partial charge in [-0.05, 0) is 80.9 Å². The number of rotatable bonds is 5. The Hall–Kier alpha value is -2.15. The lowest BCUT2D eigenvalue weighted by molar-refractivity contribution is -0.136. The van der Waals surface area contributed by atoms with Gasteiger partial charge >= 0.3 is 6.18 Å². The fourth-order valence-electron chi connectivity index (χ4n) is 5.69. The van der Waals surface area contributed by atoms with Gasteiger partial charge in [-0.25, -0.2) is 0 Å². The monoisotopic (exact) mass is 461 g/mol. The second-order valence-electron chi connectivity index (χ2n) is 10.7. The van der Waals surface area contributed by atoms with Crippen molar-refractivity contribution in [2.75, 3.05) is 38.1 Å². The van der Waals surface area contributed by atoms with Gasteiger partial charge in [0.05, 0.1) is 11.1 Å². The summed E-state index contributed by atoms with van der Waals surface area (Å²) in [7, 11) is 2.12. The SMILES string of the molecule is C[C@H]1C[C@@H](CC(=O)CC2(C)CCN(C)CC2)CN(c2ccc(C(F)(F)F)c3ncccc23)C1. The molecule has 0 aliphatic carbocycles. The molecular formula is C26H34F3N3O. The van der Waals surface area contributed by atoms with Gasteiger partial charge in [-0.15, -0.1) is 0 Å². The van der Waals surface area contributed by atoms with Crippen molar-refractivity contribution >= 4 is 22.4 Å². The topological polar surface area (TPSA) is 36.4 Å². The number of hydrogen-bond acceptors (Lipinski definition) is 4. The van der Waals surface area contributed by atoms with Crippen LogP contribution in [0.5, 0.6) is 0 Å². The van der Waals surface area contributed by atoms with E-state index in [2.05, 4.69) is 35.7 Å². The maximum absolute atomic E-state index is 13.5. The minimum atomic E-state index is -4.45. The van der Waals surface area contributed by atoms with Gasteiger partial charge < -0.3 is 9.80 Å². The molecular weight excluding hydrogens is 427 g/mol. The molecule has 0 unspecified atom stereocenters. The molecule has 2 aliphatic heterocycles. The molecule has 4 nitrogen and oxygen atoms in total. The third-order valence-corrected chi connectivity index (χ3v) is 7.47. The van der Waals surface area contributed by atoms with Crippen LogP contribution in [0.25, 0.3) is 10.9 Å². The Bertz CT molecular complexity index is 998. The number of halogens is 3. The number of piperidine rings is 2. The average molecular weight is 462 g/mol. The maximum Gasteiger partial charge on any atom is 0.418 e. The second kappa shape index (κ2) is 9.24. The number of pyridine rings is 1. The predicted molar refractivity (Wildman–Crippen MR) is 125 cm³/mol. The summed E-state index contributed by atoms with van der Waals surface area (Å²) >= 11 is 0. The van der Waals surface area contributed by atoms with Crippen LogP contribution < -0.4 is 4.90 Å². The number of fused-ring (bicyclic) bond motifs is 1. The summed E-state index contributed by atoms with van der Waals surface area (Å²) in [5.74, 6) is 0.898. The van der Waals surface area contributed by atoms with Crippen LogP contribution >= 0.6 is 0 Å². The van der Waals surface area contributed by atoms with E-state index in [9.17, 15) is 18.0 Å². The average Bonchev–Trinajstić information content (AvgIpc) is 2.74. The fourth-order valence-corrected chi connectivity index (χ4v) is 5.69. The predicted octanol–water partition coefficient (Wildman–Crippen LogP) is 5.80. The molecule has 33 heavy (non-hydrogen) atoms. The van der Waals surface area contributed by atoms with E-state index in [0.717, 1.165) is 50.7 Å². The summed E-state index contributed by atoms with van der Waals surface area (Å²) in [6.45, 7) is 7.91. The Morgan fingerprint density at radius 1 is 1.18 bits per heavy atom. The highest BCUT2D eigenvalue weighted by Gasteiger charge is 2.36. The molecule has 0 saturated carbocycles. The molecule has 0 amide bonds. The summed E-state index contributed by atoms with van der Waals surface area (Å²) < 4.78 is 40.5. The zero-order valence-corrected chi connectivity index (χ0v) is 19.8. The van der Waals surface area contributed by atoms with Gasteiger partial charge in [0.2, 0.25) is 0 Å². The molecule has 2 fully saturated rings. The van der Waals surface area contributed by atoms with Crippen LogP contribution in [-0.2, 0) is 11.0 Å². The van der Waals surface area contributed by atoms with Crippen LogP contribution in [0.15, 0.2) is 30.5 Å². The smallest absolute Gasteiger partial charge is 0.370 e. The number of ketones is 1. The lowest BCUT2D eigenvalue weighted by atomic mass is 9.75. The number of Topliss-reactive ketones (excluding diaryl/α,β-unsaturated/α-hetero) is 1. The summed E-state index contributed by atoms with van der Waals surface area (Å²) in [5.41, 5.74) is 0.143. The van der Waals surface area contributed by atoms with Gasteiger partial charge in [-0.3, -0.25) is 9.78 Å². The molecule has 180 valence electrons. The number of carbonyl (C=O) groups excluding carboxylic acids is 1. The number of anilines is 1. The number of aromatic nitrogens is 1. The molecule has 0 N–H and O–H groups in total. The van der Waals surface area contributed by atoms with E-state index in [1.54, 1.807) is 18.2 Å². The van der Waals surface area contributed by atoms with Crippen molar-refractivity contribution in [3.05, 3.63) is 36.0 Å². The summed E-state index contributed by atoms with van der Waals surface area (Å²) in [4.78, 5) is 21.6. The first-order valence-electron chi connectivity index (χ1n) is 11.9. The molecule has 2 aromatic rings. The molecule has 0 radical (unpaired) electrons. The summed E-state index contributed by atoms with van der Waals surface area (Å²) in [5, 5.41) is 0.519. The lowest BCUT2D eigenvalue weighted by Gasteiger charge is -2.40. The Morgan fingerprint density at radius 2 is 1.91 bits per heavy atom. The highest BCUT2D eigenvalue weighted by molar-refractivity contribution is 5.94. The molecule has 2 saturated heterocycles. The van der Waals surface area contributed by atoms with Crippen molar-refractivity contribution in [3.8, 4) is 0 Å². The standard InChI is InChI=1S/C26H34F3N3O/c1-18-13-19(14-20(33)15-25(2)8-11-31(3)12-9-25)17-32(16-18)23-7-6-22(26(27,28)29)24-21(23)5-4-10-30-24/h4-7,10,18-19H,8-9,11-17H2,1-3H3/t18-,19-/m0/s1. The largest absolute Gasteiger partial charge is 0.418 e. The first-order chi connectivity index (χ1) is 15.5. The van der Waals surface area contributed by atoms with E-state index in [0.29, 0.717) is 36.5 Å². The first-order valence-corrected chi connectivity index (χ1v) is 11.9. The minimum absolute atomic E-state index is 0.0106. The lowest BCUT2D eigenvalue weighted by Crippen LogP contribution is -2.41. The van der Waals surface area contributed by atoms with Gasteiger partial charge in [0.25, 0.3) is 0 Å². The van der Waals surface area contributed by atoms with Crippen molar-refractivity contribution < 1.29 is 18.0 Å². The molecule has 2 aliphatic rings. The second-order valence-corrected chi connectivity index (χ2v) is 10.7. The van der Waals surface area contributed by atoms with E-state index >= 15 is 0 Å². The maximum atomic E-state index is 13.5. The van der Waals surface area contributed by atoms with Gasteiger partial charge in [0.1, 0.15) is 5.78 Å². The van der Waals surface area contributed by atoms with Crippen molar-refractivity contribution in [2.24, 2.45) is 17.3 Å². The van der Waals surface area contributed by atoms with Crippen LogP contribution in [0.2, 0.25) is 0 Å². The van der Waals surface area contributed by atoms with E-state index in [-0.39, 0.29) is 16.8 Å². The Labute approximate surface area is 194 Å². The van der Waals surface area contributed by atoms with Crippen molar-refractivity contribution in [1.29, 1.82) is 0 Å². The van der Waals surface area contributed by atoms with Crippen molar-refractivity contribution in [1.82, 2.24) is 9.88 Å². The van der Waals surface area contributed by atoms with Crippen LogP contribution in [0.3, 0.4) is 0 Å². The van der Waals surface area contributed by atoms with Crippen LogP contribution in [-0.4, -0.2) is 48.9 Å². The summed E-state index contributed by atoms with van der Waals surface area (Å²) in [6, 6.07) is 6.12. The summed E-state index contributed by atoms with van der Waals surface area (Å²) in [6.07, 6.45) is 1.20. The molecule has 2 atom stereocenters. The highest BCUT2D eigenvalue weighted by atomic mass is 19.4. The Kier molecular flexibility index (Phi) is 6.72. The van der Waals surface area contributed by atoms with E-state index in [1.807, 2.05) is 0 Å². The van der Waals surface area contributed by atoms with Crippen LogP contribution in [0, 0.1) is 17.3 Å². The van der Waals surface area contributed by atoms with Crippen molar-refractivity contribution in [2.45, 2.75) is 52.1 Å². The first kappa shape index (κ1) is 24.0. The number of benzene rings is 1. The third kappa shape index (κ3) is 5.51. The molecule has 7 heteroatoms. The van der Waals surface area contributed by atoms with Gasteiger partial charge in [0.15, 0.2) is 0 Å². The van der Waals surface area contributed by atoms with Gasteiger partial charge in [-0.2, -0.15) is 13.2 Å². The number of alkyl halides is 3. The molecule has 3 heterocycles. The zero-order valence-electron chi connectivity index (χ0n) is 19.8. The molecule has 0 bridgehead atoms. The number of hydrogen-bond donors (Lipinski definition) is 0. The third-order valence-electron chi connectivity index (χ3n) is 7.47. The van der Waals surface area contributed by atoms with E-state index in [1.165, 1.54) is 6.20 Å². The molecule has 1 aromatic carbocycles. The zero-order chi connectivity index (χ0) is 23.8. The van der Waals surface area contributed by atoms with Gasteiger partial charge in [-0.1, -0.05) is 13.8 Å². The van der Waals surface area contributed by atoms with Crippen molar-refractivity contribution in [3.63, 3.8) is 0 Å². The Morgan fingerprint density at radius 3 is 2.61 bits per heavy atom. The molecule has 0 spiro atoms. The van der Waals surface area contributed by atoms with E-state index in [4.69, 9.17) is 0 Å².